The zero-order chi connectivity index (χ0) is 43.6. The molecule has 2 aromatic rings. The van der Waals surface area contributed by atoms with Crippen LogP contribution in [0.3, 0.4) is 0 Å². The van der Waals surface area contributed by atoms with Crippen molar-refractivity contribution in [1.82, 2.24) is 20.4 Å². The first-order chi connectivity index (χ1) is 29.4. The lowest BCUT2D eigenvalue weighted by molar-refractivity contribution is -0.143. The third kappa shape index (κ3) is 14.3. The maximum Gasteiger partial charge on any atom is 0.418 e. The molecule has 2 fully saturated rings. The number of amides is 6. The summed E-state index contributed by atoms with van der Waals surface area (Å²) in [5.74, 6) is -1.61. The van der Waals surface area contributed by atoms with Crippen LogP contribution in [0.15, 0.2) is 42.5 Å². The van der Waals surface area contributed by atoms with Crippen molar-refractivity contribution in [3.05, 3.63) is 65.0 Å². The summed E-state index contributed by atoms with van der Waals surface area (Å²) in [5.41, 5.74) is 0.834. The number of ether oxygens (including phenoxy) is 4. The average molecular weight is 852 g/mol. The van der Waals surface area contributed by atoms with Crippen LogP contribution in [0, 0.1) is 11.7 Å². The highest BCUT2D eigenvalue weighted by Crippen LogP contribution is 2.46. The summed E-state index contributed by atoms with van der Waals surface area (Å²) in [6.07, 6.45) is 9.52. The molecule has 16 heteroatoms. The van der Waals surface area contributed by atoms with Crippen molar-refractivity contribution >= 4 is 41.3 Å². The second kappa shape index (κ2) is 23.9. The van der Waals surface area contributed by atoms with Crippen molar-refractivity contribution < 1.29 is 52.1 Å². The van der Waals surface area contributed by atoms with Crippen molar-refractivity contribution in [3.8, 4) is 0 Å². The van der Waals surface area contributed by atoms with Gasteiger partial charge in [-0.25, -0.2) is 14.1 Å². The maximum absolute atomic E-state index is 13.9. The van der Waals surface area contributed by atoms with Gasteiger partial charge in [0.2, 0.25) is 29.2 Å². The van der Waals surface area contributed by atoms with E-state index < -0.39 is 41.9 Å². The zero-order valence-corrected chi connectivity index (χ0v) is 35.6. The Hall–Kier alpha value is -4.93. The molecule has 2 aliphatic carbocycles. The third-order valence-corrected chi connectivity index (χ3v) is 11.5. The van der Waals surface area contributed by atoms with Crippen LogP contribution in [0.25, 0.3) is 0 Å². The lowest BCUT2D eigenvalue weighted by Gasteiger charge is -2.31. The van der Waals surface area contributed by atoms with Gasteiger partial charge in [0.15, 0.2) is 0 Å². The average Bonchev–Trinajstić information content (AvgIpc) is 3.55. The minimum atomic E-state index is -1.58. The van der Waals surface area contributed by atoms with Gasteiger partial charge in [0.25, 0.3) is 5.91 Å². The number of nitrogens with zero attached hydrogens (tertiary/aromatic N) is 2. The first-order valence-electron chi connectivity index (χ1n) is 21.7. The number of imide groups is 1. The Bertz CT molecular complexity index is 1800. The fraction of sp³-hybridized carbons (Fsp3) is 0.600. The summed E-state index contributed by atoms with van der Waals surface area (Å²) >= 11 is 0. The number of carbonyl (C=O) groups excluding carboxylic acids is 6. The molecule has 1 aliphatic heterocycles. The largest absolute Gasteiger partial charge is 0.427 e. The van der Waals surface area contributed by atoms with Crippen molar-refractivity contribution in [2.24, 2.45) is 5.92 Å². The van der Waals surface area contributed by atoms with E-state index >= 15 is 0 Å². The fourth-order valence-electron chi connectivity index (χ4n) is 8.07. The van der Waals surface area contributed by atoms with E-state index in [1.807, 2.05) is 0 Å². The number of carbonyl (C=O) groups is 6. The molecule has 3 aliphatic rings. The first kappa shape index (κ1) is 47.1. The summed E-state index contributed by atoms with van der Waals surface area (Å²) in [7, 11) is 0. The predicted octanol–water partition coefficient (Wildman–Crippen LogP) is 5.13. The molecule has 1 heterocycles. The number of halogens is 1. The molecule has 2 atom stereocenters. The summed E-state index contributed by atoms with van der Waals surface area (Å²) in [6, 6.07) is 10.0. The van der Waals surface area contributed by atoms with Crippen LogP contribution in [0.1, 0.15) is 101 Å². The molecule has 0 aromatic heterocycles. The normalized spacial score (nSPS) is 18.0. The van der Waals surface area contributed by atoms with Crippen LogP contribution in [0.2, 0.25) is 0 Å². The van der Waals surface area contributed by atoms with Crippen LogP contribution in [0.4, 0.5) is 14.9 Å². The topological polar surface area (TPSA) is 182 Å². The van der Waals surface area contributed by atoms with E-state index in [4.69, 9.17) is 18.9 Å². The Balaban J connectivity index is 0.986. The molecule has 1 spiro atoms. The zero-order valence-electron chi connectivity index (χ0n) is 35.6. The molecular weight excluding hydrogens is 790 g/mol. The van der Waals surface area contributed by atoms with Gasteiger partial charge < -0.3 is 39.8 Å². The molecule has 0 bridgehead atoms. The van der Waals surface area contributed by atoms with Crippen molar-refractivity contribution in [2.75, 3.05) is 64.6 Å². The molecule has 334 valence electrons. The maximum atomic E-state index is 13.9. The molecule has 1 saturated carbocycles. The Morgan fingerprint density at radius 3 is 2.26 bits per heavy atom. The Morgan fingerprint density at radius 1 is 0.885 bits per heavy atom. The van der Waals surface area contributed by atoms with E-state index in [9.17, 15) is 33.2 Å². The highest BCUT2D eigenvalue weighted by atomic mass is 19.1. The monoisotopic (exact) mass is 851 g/mol. The van der Waals surface area contributed by atoms with Crippen LogP contribution in [0.5, 0.6) is 0 Å². The van der Waals surface area contributed by atoms with Gasteiger partial charge in [0, 0.05) is 69.7 Å². The SMILES string of the molecule is CC(=O)Nc1ccc2c(c1)CC[C@@]21OC(=O)N(CC(=O)N(Cc2ccc(F)cc2)[C@@H](C)CNC(=O)CCCNC(=O)CCOCCOCCOCCC2CCCCCC2)C1=O. The first-order valence-corrected chi connectivity index (χ1v) is 21.7. The van der Waals surface area contributed by atoms with E-state index in [1.165, 1.54) is 74.6 Å². The molecule has 61 heavy (non-hydrogen) atoms. The lowest BCUT2D eigenvalue weighted by Crippen LogP contribution is -2.50. The Labute approximate surface area is 357 Å². The van der Waals surface area contributed by atoms with E-state index in [0.717, 1.165) is 29.4 Å². The number of hydrogen-bond acceptors (Lipinski definition) is 10. The molecule has 0 radical (unpaired) electrons. The second-order valence-electron chi connectivity index (χ2n) is 16.1. The van der Waals surface area contributed by atoms with Crippen molar-refractivity contribution in [2.45, 2.75) is 109 Å². The van der Waals surface area contributed by atoms with Crippen molar-refractivity contribution in [1.29, 1.82) is 0 Å². The smallest absolute Gasteiger partial charge is 0.418 e. The van der Waals surface area contributed by atoms with Crippen LogP contribution in [-0.4, -0.2) is 111 Å². The quantitative estimate of drug-likeness (QED) is 0.0946. The second-order valence-corrected chi connectivity index (χ2v) is 16.1. The summed E-state index contributed by atoms with van der Waals surface area (Å²) in [5, 5.41) is 8.32. The molecule has 2 aromatic carbocycles. The number of anilines is 1. The Morgan fingerprint density at radius 2 is 1.56 bits per heavy atom. The van der Waals surface area contributed by atoms with Gasteiger partial charge in [0.05, 0.1) is 33.0 Å². The lowest BCUT2D eigenvalue weighted by atomic mass is 9.94. The standard InChI is InChI=1S/C45H62FN5O10/c1-32(29-48-40(53)10-7-21-47-41(54)19-23-59-25-27-60-26-24-58-22-18-34-8-5-3-4-6-9-34)50(30-35-11-13-37(46)14-12-35)42(55)31-51-43(56)45(61-44(51)57)20-17-36-28-38(49-33(2)52)15-16-39(36)45/h11-16,28,32,34H,3-10,17-27,29-31H2,1-2H3,(H,47,54)(H,48,53)(H,49,52)/t32-,45+/m0/s1. The van der Waals surface area contributed by atoms with Gasteiger partial charge in [-0.1, -0.05) is 56.7 Å². The number of rotatable bonds is 24. The minimum absolute atomic E-state index is 0.0190. The van der Waals surface area contributed by atoms with Gasteiger partial charge in [0.1, 0.15) is 12.4 Å². The third-order valence-electron chi connectivity index (χ3n) is 11.5. The van der Waals surface area contributed by atoms with Crippen LogP contribution in [-0.2, 0) is 61.5 Å². The van der Waals surface area contributed by atoms with Gasteiger partial charge >= 0.3 is 6.09 Å². The molecule has 0 unspecified atom stereocenters. The van der Waals surface area contributed by atoms with Gasteiger partial charge in [-0.3, -0.25) is 24.0 Å². The summed E-state index contributed by atoms with van der Waals surface area (Å²) in [4.78, 5) is 79.7. The number of fused-ring (bicyclic) bond motifs is 2. The summed E-state index contributed by atoms with van der Waals surface area (Å²) < 4.78 is 36.2. The Kier molecular flexibility index (Phi) is 18.5. The fourth-order valence-corrected chi connectivity index (χ4v) is 8.07. The van der Waals surface area contributed by atoms with E-state index in [1.54, 1.807) is 25.1 Å². The number of hydrogen-bond donors (Lipinski definition) is 3. The minimum Gasteiger partial charge on any atom is -0.427 e. The van der Waals surface area contributed by atoms with Gasteiger partial charge in [-0.15, -0.1) is 0 Å². The van der Waals surface area contributed by atoms with Crippen molar-refractivity contribution in [3.63, 3.8) is 0 Å². The number of benzene rings is 2. The summed E-state index contributed by atoms with van der Waals surface area (Å²) in [6.45, 7) is 5.77. The molecule has 5 rings (SSSR count). The highest BCUT2D eigenvalue weighted by Gasteiger charge is 2.58. The molecule has 3 N–H and O–H groups in total. The predicted molar refractivity (Wildman–Crippen MR) is 223 cm³/mol. The van der Waals surface area contributed by atoms with Crippen LogP contribution < -0.4 is 16.0 Å². The van der Waals surface area contributed by atoms with E-state index in [2.05, 4.69) is 16.0 Å². The van der Waals surface area contributed by atoms with Gasteiger partial charge in [-0.2, -0.15) is 0 Å². The van der Waals surface area contributed by atoms with E-state index in [-0.39, 0.29) is 56.7 Å². The van der Waals surface area contributed by atoms with Crippen LogP contribution >= 0.6 is 0 Å². The van der Waals surface area contributed by atoms with E-state index in [0.29, 0.717) is 62.6 Å². The van der Waals surface area contributed by atoms with Gasteiger partial charge in [-0.05, 0) is 67.5 Å². The number of aryl methyl sites for hydroxylation is 1. The molecule has 15 nitrogen and oxygen atoms in total. The highest BCUT2D eigenvalue weighted by molar-refractivity contribution is 6.06. The number of nitrogens with one attached hydrogen (secondary N) is 3. The molecular formula is C45H62FN5O10. The molecule has 6 amide bonds. The molecule has 1 saturated heterocycles.